The predicted molar refractivity (Wildman–Crippen MR) is 79.1 cm³/mol. The quantitative estimate of drug-likeness (QED) is 0.797. The lowest BCUT2D eigenvalue weighted by Crippen LogP contribution is -2.49. The Morgan fingerprint density at radius 1 is 1.14 bits per heavy atom. The predicted octanol–water partition coefficient (Wildman–Crippen LogP) is 3.83. The molecule has 1 atom stereocenters. The van der Waals surface area contributed by atoms with Crippen molar-refractivity contribution in [2.45, 2.75) is 12.2 Å². The van der Waals surface area contributed by atoms with E-state index < -0.39 is 23.6 Å². The Hall–Kier alpha value is -0.270. The average molecular weight is 370 g/mol. The maximum atomic E-state index is 13.8. The molecule has 0 aromatic heterocycles. The van der Waals surface area contributed by atoms with Gasteiger partial charge in [-0.25, -0.2) is 4.39 Å². The molecule has 9 heteroatoms. The smallest absolute Gasteiger partial charge is 0.314 e. The third kappa shape index (κ3) is 4.86. The average Bonchev–Trinajstić information content (AvgIpc) is 2.33. The lowest BCUT2D eigenvalue weighted by atomic mass is 10.0. The van der Waals surface area contributed by atoms with Crippen LogP contribution in [0.15, 0.2) is 18.2 Å². The van der Waals surface area contributed by atoms with Crippen LogP contribution in [0.4, 0.5) is 17.6 Å². The fraction of sp³-hybridized carbons (Fsp3) is 0.500. The minimum atomic E-state index is -4.57. The fourth-order valence-electron chi connectivity index (χ4n) is 2.27. The Balaban J connectivity index is 0.00000200. The van der Waals surface area contributed by atoms with Crippen molar-refractivity contribution in [3.05, 3.63) is 34.6 Å². The van der Waals surface area contributed by atoms with Gasteiger partial charge in [0, 0.05) is 36.8 Å². The molecule has 21 heavy (non-hydrogen) atoms. The first-order valence-electron chi connectivity index (χ1n) is 5.86. The monoisotopic (exact) mass is 368 g/mol. The summed E-state index contributed by atoms with van der Waals surface area (Å²) in [7, 11) is 0. The zero-order valence-corrected chi connectivity index (χ0v) is 13.2. The number of alkyl halides is 3. The molecule has 0 radical (unpaired) electrons. The summed E-state index contributed by atoms with van der Waals surface area (Å²) >= 11 is 5.77. The molecule has 1 aromatic rings. The molecule has 1 aliphatic heterocycles. The van der Waals surface area contributed by atoms with Gasteiger partial charge in [-0.15, -0.1) is 24.8 Å². The van der Waals surface area contributed by atoms with E-state index in [1.165, 1.54) is 17.0 Å². The van der Waals surface area contributed by atoms with Gasteiger partial charge in [-0.1, -0.05) is 17.7 Å². The Labute approximate surface area is 137 Å². The van der Waals surface area contributed by atoms with E-state index in [0.717, 1.165) is 6.07 Å². The van der Waals surface area contributed by atoms with Crippen LogP contribution in [0.3, 0.4) is 0 Å². The molecule has 0 aliphatic carbocycles. The first kappa shape index (κ1) is 20.7. The number of piperazine rings is 1. The van der Waals surface area contributed by atoms with E-state index in [9.17, 15) is 17.6 Å². The van der Waals surface area contributed by atoms with E-state index in [4.69, 9.17) is 11.6 Å². The van der Waals surface area contributed by atoms with Gasteiger partial charge in [0.15, 0.2) is 0 Å². The largest absolute Gasteiger partial charge is 0.408 e. The summed E-state index contributed by atoms with van der Waals surface area (Å²) in [5.41, 5.74) is -0.487. The van der Waals surface area contributed by atoms with Crippen molar-refractivity contribution in [2.24, 2.45) is 0 Å². The lowest BCUT2D eigenvalue weighted by molar-refractivity contribution is -0.188. The van der Waals surface area contributed by atoms with Crippen molar-refractivity contribution in [1.82, 2.24) is 10.2 Å². The second-order valence-electron chi connectivity index (χ2n) is 4.37. The lowest BCUT2D eigenvalue weighted by Gasteiger charge is -2.36. The molecule has 0 spiro atoms. The van der Waals surface area contributed by atoms with Gasteiger partial charge < -0.3 is 5.32 Å². The van der Waals surface area contributed by atoms with Crippen molar-refractivity contribution in [3.8, 4) is 0 Å². The van der Waals surface area contributed by atoms with Crippen molar-refractivity contribution < 1.29 is 17.6 Å². The standard InChI is InChI=1S/C12H13ClF4N2.2ClH/c13-8-2-1-3-9(14)10(8)11(12(15,16)17)19-6-4-18-5-7-19;;/h1-3,11,18H,4-7H2;2*1H/t11-;;/m0../s1. The molecule has 122 valence electrons. The molecule has 1 fully saturated rings. The Bertz CT molecular complexity index is 430. The van der Waals surface area contributed by atoms with Gasteiger partial charge in [0.2, 0.25) is 0 Å². The first-order valence-corrected chi connectivity index (χ1v) is 6.24. The Kier molecular flexibility index (Phi) is 8.28. The highest BCUT2D eigenvalue weighted by molar-refractivity contribution is 6.31. The molecule has 0 bridgehead atoms. The topological polar surface area (TPSA) is 15.3 Å². The summed E-state index contributed by atoms with van der Waals surface area (Å²) in [5.74, 6) is -0.923. The molecule has 1 saturated heterocycles. The number of hydrogen-bond donors (Lipinski definition) is 1. The zero-order chi connectivity index (χ0) is 14.0. The van der Waals surface area contributed by atoms with Crippen LogP contribution in [0, 0.1) is 5.82 Å². The summed E-state index contributed by atoms with van der Waals surface area (Å²) in [6.45, 7) is 1.29. The van der Waals surface area contributed by atoms with Crippen LogP contribution in [-0.4, -0.2) is 37.3 Å². The van der Waals surface area contributed by atoms with Crippen LogP contribution in [0.25, 0.3) is 0 Å². The summed E-state index contributed by atoms with van der Waals surface area (Å²) in [6, 6.07) is 1.58. The molecule has 1 aliphatic rings. The van der Waals surface area contributed by atoms with E-state index in [-0.39, 0.29) is 42.9 Å². The summed E-state index contributed by atoms with van der Waals surface area (Å²) in [6.07, 6.45) is -4.57. The summed E-state index contributed by atoms with van der Waals surface area (Å²) < 4.78 is 53.5. The molecular weight excluding hydrogens is 354 g/mol. The van der Waals surface area contributed by atoms with E-state index in [0.29, 0.717) is 13.1 Å². The van der Waals surface area contributed by atoms with E-state index >= 15 is 0 Å². The maximum absolute atomic E-state index is 13.8. The molecule has 1 aromatic carbocycles. The van der Waals surface area contributed by atoms with Crippen LogP contribution < -0.4 is 5.32 Å². The van der Waals surface area contributed by atoms with E-state index in [1.54, 1.807) is 0 Å². The zero-order valence-electron chi connectivity index (χ0n) is 10.8. The number of nitrogens with zero attached hydrogens (tertiary/aromatic N) is 1. The van der Waals surface area contributed by atoms with Gasteiger partial charge in [0.1, 0.15) is 11.9 Å². The summed E-state index contributed by atoms with van der Waals surface area (Å²) in [5, 5.41) is 2.77. The van der Waals surface area contributed by atoms with Crippen LogP contribution in [-0.2, 0) is 0 Å². The van der Waals surface area contributed by atoms with Gasteiger partial charge >= 0.3 is 6.18 Å². The molecule has 0 amide bonds. The number of nitrogens with one attached hydrogen (secondary N) is 1. The fourth-order valence-corrected chi connectivity index (χ4v) is 2.53. The van der Waals surface area contributed by atoms with Crippen molar-refractivity contribution in [1.29, 1.82) is 0 Å². The van der Waals surface area contributed by atoms with Crippen LogP contribution >= 0.6 is 36.4 Å². The van der Waals surface area contributed by atoms with Gasteiger partial charge in [-0.05, 0) is 12.1 Å². The first-order chi connectivity index (χ1) is 8.91. The Morgan fingerprint density at radius 2 is 1.71 bits per heavy atom. The molecule has 1 N–H and O–H groups in total. The van der Waals surface area contributed by atoms with Gasteiger partial charge in [0.05, 0.1) is 0 Å². The van der Waals surface area contributed by atoms with E-state index in [1.807, 2.05) is 0 Å². The van der Waals surface area contributed by atoms with Crippen LogP contribution in [0.2, 0.25) is 5.02 Å². The number of halogens is 7. The van der Waals surface area contributed by atoms with Crippen LogP contribution in [0.5, 0.6) is 0 Å². The molecular formula is C12H15Cl3F4N2. The highest BCUT2D eigenvalue weighted by Crippen LogP contribution is 2.41. The van der Waals surface area contributed by atoms with Gasteiger partial charge in [0.25, 0.3) is 0 Å². The SMILES string of the molecule is Cl.Cl.Fc1cccc(Cl)c1[C@H](N1CCNCC1)C(F)(F)F. The van der Waals surface area contributed by atoms with Gasteiger partial charge in [-0.3, -0.25) is 4.90 Å². The highest BCUT2D eigenvalue weighted by atomic mass is 35.5. The molecule has 0 saturated carbocycles. The third-order valence-electron chi connectivity index (χ3n) is 3.10. The Morgan fingerprint density at radius 3 is 2.19 bits per heavy atom. The molecule has 1 heterocycles. The van der Waals surface area contributed by atoms with Crippen molar-refractivity contribution in [3.63, 3.8) is 0 Å². The van der Waals surface area contributed by atoms with E-state index in [2.05, 4.69) is 5.32 Å². The molecule has 2 rings (SSSR count). The second kappa shape index (κ2) is 8.39. The summed E-state index contributed by atoms with van der Waals surface area (Å²) in [4.78, 5) is 1.21. The van der Waals surface area contributed by atoms with Crippen molar-refractivity contribution in [2.75, 3.05) is 26.2 Å². The van der Waals surface area contributed by atoms with Gasteiger partial charge in [-0.2, -0.15) is 13.2 Å². The second-order valence-corrected chi connectivity index (χ2v) is 4.77. The normalized spacial score (nSPS) is 17.6. The molecule has 2 nitrogen and oxygen atoms in total. The minimum absolute atomic E-state index is 0. The number of benzene rings is 1. The minimum Gasteiger partial charge on any atom is -0.314 e. The molecule has 0 unspecified atom stereocenters. The van der Waals surface area contributed by atoms with Crippen LogP contribution in [0.1, 0.15) is 11.6 Å². The number of hydrogen-bond acceptors (Lipinski definition) is 2. The number of rotatable bonds is 2. The maximum Gasteiger partial charge on any atom is 0.408 e. The van der Waals surface area contributed by atoms with Crippen molar-refractivity contribution >= 4 is 36.4 Å². The highest BCUT2D eigenvalue weighted by Gasteiger charge is 2.47. The third-order valence-corrected chi connectivity index (χ3v) is 3.43.